The molecule has 1 N–H and O–H groups in total. The topological polar surface area (TPSA) is 35.6 Å². The molecule has 4 nitrogen and oxygen atoms in total. The van der Waals surface area contributed by atoms with Crippen molar-refractivity contribution in [1.82, 2.24) is 15.1 Å². The van der Waals surface area contributed by atoms with Crippen LogP contribution in [0.1, 0.15) is 12.8 Å². The van der Waals surface area contributed by atoms with Crippen molar-refractivity contribution in [2.45, 2.75) is 18.9 Å². The zero-order valence-electron chi connectivity index (χ0n) is 9.11. The van der Waals surface area contributed by atoms with Crippen molar-refractivity contribution in [1.29, 1.82) is 0 Å². The Kier molecular flexibility index (Phi) is 2.41. The van der Waals surface area contributed by atoms with Gasteiger partial charge in [-0.2, -0.15) is 0 Å². The highest BCUT2D eigenvalue weighted by Gasteiger charge is 2.34. The number of hydrogen-bond acceptors (Lipinski definition) is 3. The van der Waals surface area contributed by atoms with Gasteiger partial charge in [0.25, 0.3) is 0 Å². The Morgan fingerprint density at radius 2 is 1.93 bits per heavy atom. The number of hydrogen-bond donors (Lipinski definition) is 1. The molecule has 1 atom stereocenters. The van der Waals surface area contributed by atoms with Crippen LogP contribution in [-0.2, 0) is 4.79 Å². The first kappa shape index (κ1) is 9.60. The summed E-state index contributed by atoms with van der Waals surface area (Å²) in [5.41, 5.74) is 0. The molecule has 1 saturated carbocycles. The van der Waals surface area contributed by atoms with Crippen LogP contribution in [0, 0.1) is 5.92 Å². The molecule has 0 aromatic carbocycles. The Balaban J connectivity index is 1.48. The van der Waals surface area contributed by atoms with Gasteiger partial charge in [0.15, 0.2) is 0 Å². The van der Waals surface area contributed by atoms with Gasteiger partial charge in [0, 0.05) is 51.2 Å². The van der Waals surface area contributed by atoms with Crippen molar-refractivity contribution in [2.75, 3.05) is 39.3 Å². The fourth-order valence-corrected chi connectivity index (χ4v) is 2.63. The van der Waals surface area contributed by atoms with Crippen LogP contribution in [0.3, 0.4) is 0 Å². The van der Waals surface area contributed by atoms with E-state index in [0.29, 0.717) is 12.0 Å². The van der Waals surface area contributed by atoms with Crippen LogP contribution in [0.5, 0.6) is 0 Å². The van der Waals surface area contributed by atoms with Gasteiger partial charge in [-0.25, -0.2) is 0 Å². The molecule has 84 valence electrons. The molecule has 3 aliphatic heterocycles. The molecule has 3 saturated heterocycles. The number of amides is 1. The monoisotopic (exact) mass is 209 g/mol. The normalized spacial score (nSPS) is 39.1. The fraction of sp³-hybridized carbons (Fsp3) is 0.909. The minimum Gasteiger partial charge on any atom is -0.354 e. The lowest BCUT2D eigenvalue weighted by Crippen LogP contribution is -2.63. The van der Waals surface area contributed by atoms with Gasteiger partial charge in [-0.3, -0.25) is 14.6 Å². The third-order valence-electron chi connectivity index (χ3n) is 3.85. The summed E-state index contributed by atoms with van der Waals surface area (Å²) < 4.78 is 0. The maximum absolute atomic E-state index is 11.5. The van der Waals surface area contributed by atoms with Crippen molar-refractivity contribution >= 4 is 5.91 Å². The summed E-state index contributed by atoms with van der Waals surface area (Å²) in [6, 6.07) is 0.565. The van der Waals surface area contributed by atoms with Crippen LogP contribution in [0.15, 0.2) is 0 Å². The molecule has 4 fully saturated rings. The lowest BCUT2D eigenvalue weighted by molar-refractivity contribution is -0.122. The first-order valence-electron chi connectivity index (χ1n) is 6.07. The van der Waals surface area contributed by atoms with E-state index in [9.17, 15) is 4.79 Å². The average Bonchev–Trinajstić information content (AvgIpc) is 3.11. The molecule has 4 rings (SSSR count). The number of fused-ring (bicyclic) bond motifs is 3. The molecule has 0 radical (unpaired) electrons. The summed E-state index contributed by atoms with van der Waals surface area (Å²) >= 11 is 0. The van der Waals surface area contributed by atoms with Gasteiger partial charge in [0.05, 0.1) is 0 Å². The maximum Gasteiger partial charge on any atom is 0.223 e. The summed E-state index contributed by atoms with van der Waals surface area (Å²) in [7, 11) is 0. The maximum atomic E-state index is 11.5. The third kappa shape index (κ3) is 2.01. The van der Waals surface area contributed by atoms with E-state index < -0.39 is 0 Å². The van der Waals surface area contributed by atoms with Crippen LogP contribution in [0.2, 0.25) is 0 Å². The van der Waals surface area contributed by atoms with E-state index >= 15 is 0 Å². The van der Waals surface area contributed by atoms with E-state index in [2.05, 4.69) is 15.1 Å². The van der Waals surface area contributed by atoms with Crippen molar-refractivity contribution in [2.24, 2.45) is 5.92 Å². The van der Waals surface area contributed by atoms with E-state index in [4.69, 9.17) is 0 Å². The Bertz CT molecular complexity index is 257. The molecule has 0 aromatic heterocycles. The molecule has 1 unspecified atom stereocenters. The van der Waals surface area contributed by atoms with Crippen molar-refractivity contribution in [3.8, 4) is 0 Å². The zero-order valence-corrected chi connectivity index (χ0v) is 9.11. The first-order chi connectivity index (χ1) is 7.33. The summed E-state index contributed by atoms with van der Waals surface area (Å²) in [5, 5.41) is 3.09. The minimum absolute atomic E-state index is 0.285. The molecule has 4 aliphatic rings. The van der Waals surface area contributed by atoms with Gasteiger partial charge >= 0.3 is 0 Å². The Hall–Kier alpha value is -0.610. The second-order valence-corrected chi connectivity index (χ2v) is 5.01. The Morgan fingerprint density at radius 1 is 1.20 bits per heavy atom. The van der Waals surface area contributed by atoms with Gasteiger partial charge in [0.1, 0.15) is 0 Å². The lowest BCUT2D eigenvalue weighted by Gasteiger charge is -2.47. The molecule has 3 heterocycles. The molecule has 0 spiro atoms. The smallest absolute Gasteiger partial charge is 0.223 e. The van der Waals surface area contributed by atoms with Crippen molar-refractivity contribution < 1.29 is 4.79 Å². The number of nitrogens with one attached hydrogen (secondary N) is 1. The fourth-order valence-electron chi connectivity index (χ4n) is 2.63. The summed E-state index contributed by atoms with van der Waals surface area (Å²) in [5.74, 6) is 0.633. The second kappa shape index (κ2) is 3.76. The highest BCUT2D eigenvalue weighted by molar-refractivity contribution is 5.80. The van der Waals surface area contributed by atoms with Gasteiger partial charge in [-0.1, -0.05) is 0 Å². The largest absolute Gasteiger partial charge is 0.354 e. The third-order valence-corrected chi connectivity index (χ3v) is 3.85. The average molecular weight is 209 g/mol. The highest BCUT2D eigenvalue weighted by Crippen LogP contribution is 2.28. The molecular formula is C11H19N3O. The number of nitrogens with zero attached hydrogens (tertiary/aromatic N) is 2. The molecule has 1 amide bonds. The van der Waals surface area contributed by atoms with Crippen LogP contribution in [-0.4, -0.2) is 61.0 Å². The van der Waals surface area contributed by atoms with E-state index in [1.807, 2.05) is 0 Å². The molecule has 15 heavy (non-hydrogen) atoms. The first-order valence-corrected chi connectivity index (χ1v) is 6.07. The Labute approximate surface area is 90.6 Å². The highest BCUT2D eigenvalue weighted by atomic mass is 16.2. The second-order valence-electron chi connectivity index (χ2n) is 5.01. The quantitative estimate of drug-likeness (QED) is 0.681. The van der Waals surface area contributed by atoms with E-state index in [-0.39, 0.29) is 5.91 Å². The SMILES string of the molecule is O=C(NCC1CN2CCN1CC2)C1CC1. The number of carbonyl (C=O) groups excluding carboxylic acids is 1. The van der Waals surface area contributed by atoms with Crippen molar-refractivity contribution in [3.63, 3.8) is 0 Å². The van der Waals surface area contributed by atoms with Gasteiger partial charge in [0.2, 0.25) is 5.91 Å². The number of rotatable bonds is 3. The molecule has 1 aliphatic carbocycles. The Morgan fingerprint density at radius 3 is 2.47 bits per heavy atom. The molecule has 0 aromatic rings. The predicted octanol–water partition coefficient (Wildman–Crippen LogP) is -0.488. The molecule has 4 heteroatoms. The van der Waals surface area contributed by atoms with Crippen LogP contribution in [0.25, 0.3) is 0 Å². The number of piperazine rings is 3. The summed E-state index contributed by atoms with van der Waals surface area (Å²) in [4.78, 5) is 16.5. The van der Waals surface area contributed by atoms with Crippen LogP contribution in [0.4, 0.5) is 0 Å². The minimum atomic E-state index is 0.285. The van der Waals surface area contributed by atoms with Gasteiger partial charge in [-0.05, 0) is 12.8 Å². The summed E-state index contributed by atoms with van der Waals surface area (Å²) in [6.45, 7) is 6.80. The van der Waals surface area contributed by atoms with Gasteiger partial charge in [-0.15, -0.1) is 0 Å². The van der Waals surface area contributed by atoms with Crippen molar-refractivity contribution in [3.05, 3.63) is 0 Å². The number of carbonyl (C=O) groups is 1. The van der Waals surface area contributed by atoms with E-state index in [1.54, 1.807) is 0 Å². The summed E-state index contributed by atoms with van der Waals surface area (Å²) in [6.07, 6.45) is 2.21. The zero-order chi connectivity index (χ0) is 10.3. The molecular weight excluding hydrogens is 190 g/mol. The lowest BCUT2D eigenvalue weighted by atomic mass is 10.1. The predicted molar refractivity (Wildman–Crippen MR) is 57.5 cm³/mol. The van der Waals surface area contributed by atoms with E-state index in [1.165, 1.54) is 26.2 Å². The molecule has 2 bridgehead atoms. The van der Waals surface area contributed by atoms with E-state index in [0.717, 1.165) is 25.9 Å². The standard InChI is InChI=1S/C11H19N3O/c15-11(9-1-2-9)12-7-10-8-13-3-5-14(10)6-4-13/h9-10H,1-8H2,(H,12,15). The van der Waals surface area contributed by atoms with Crippen LogP contribution >= 0.6 is 0 Å². The van der Waals surface area contributed by atoms with Crippen LogP contribution < -0.4 is 5.32 Å². The van der Waals surface area contributed by atoms with Gasteiger partial charge < -0.3 is 5.32 Å².